The second-order valence-electron chi connectivity index (χ2n) is 4.13. The molecule has 1 saturated carbocycles. The third-order valence-electron chi connectivity index (χ3n) is 2.95. The van der Waals surface area contributed by atoms with Crippen molar-refractivity contribution in [1.29, 1.82) is 0 Å². The first kappa shape index (κ1) is 9.53. The molecule has 0 saturated heterocycles. The molecule has 1 aromatic rings. The van der Waals surface area contributed by atoms with Crippen molar-refractivity contribution in [3.8, 4) is 0 Å². The molecule has 1 fully saturated rings. The summed E-state index contributed by atoms with van der Waals surface area (Å²) in [5, 5.41) is 17.3. The Morgan fingerprint density at radius 2 is 2.06 bits per heavy atom. The van der Waals surface area contributed by atoms with E-state index in [-0.39, 0.29) is 0 Å². The number of nitrogens with one attached hydrogen (secondary N) is 1. The molecule has 3 rings (SSSR count). The Hall–Kier alpha value is -1.69. The minimum Gasteiger partial charge on any atom is -0.371 e. The second kappa shape index (κ2) is 3.41. The van der Waals surface area contributed by atoms with Crippen molar-refractivity contribution >= 4 is 23.7 Å². The molecule has 0 bridgehead atoms. The van der Waals surface area contributed by atoms with Gasteiger partial charge in [0, 0.05) is 0 Å². The van der Waals surface area contributed by atoms with Gasteiger partial charge in [0.05, 0.1) is 0 Å². The van der Waals surface area contributed by atoms with Crippen LogP contribution < -0.4 is 10.6 Å². The number of hydrogen-bond acceptors (Lipinski definition) is 5. The van der Waals surface area contributed by atoms with E-state index in [0.717, 1.165) is 25.7 Å². The lowest BCUT2D eigenvalue weighted by Gasteiger charge is -2.24. The van der Waals surface area contributed by atoms with Gasteiger partial charge in [-0.15, -0.1) is 0 Å². The van der Waals surface area contributed by atoms with Gasteiger partial charge in [-0.1, -0.05) is 0 Å². The maximum atomic E-state index is 10.2. The Morgan fingerprint density at radius 3 is 2.88 bits per heavy atom. The van der Waals surface area contributed by atoms with Crippen molar-refractivity contribution in [1.82, 2.24) is 15.3 Å². The molecule has 83 valence electrons. The smallest absolute Gasteiger partial charge is 0.185 e. The largest absolute Gasteiger partial charge is 0.371 e. The highest BCUT2D eigenvalue weighted by Crippen LogP contribution is 2.37. The fourth-order valence-electron chi connectivity index (χ4n) is 2.12. The number of fused-ring (bicyclic) bond motifs is 1. The SMILES string of the molecule is OC1(Nc2ncnc3c2N=C[N]3)CCCC1. The van der Waals surface area contributed by atoms with E-state index in [1.165, 1.54) is 12.7 Å². The third kappa shape index (κ3) is 1.51. The Kier molecular flexibility index (Phi) is 2.03. The van der Waals surface area contributed by atoms with Crippen LogP contribution in [0.25, 0.3) is 0 Å². The van der Waals surface area contributed by atoms with E-state index in [1.807, 2.05) is 0 Å². The van der Waals surface area contributed by atoms with Crippen LogP contribution in [0.5, 0.6) is 0 Å². The molecular weight excluding hydrogens is 206 g/mol. The van der Waals surface area contributed by atoms with Crippen LogP contribution in [0.4, 0.5) is 17.3 Å². The van der Waals surface area contributed by atoms with Crippen molar-refractivity contribution < 1.29 is 5.11 Å². The van der Waals surface area contributed by atoms with Gasteiger partial charge in [-0.2, -0.15) is 0 Å². The first-order valence-electron chi connectivity index (χ1n) is 5.36. The van der Waals surface area contributed by atoms with E-state index in [9.17, 15) is 5.11 Å². The lowest BCUT2D eigenvalue weighted by atomic mass is 10.2. The number of aliphatic hydroxyl groups is 1. The third-order valence-corrected chi connectivity index (χ3v) is 2.95. The molecule has 0 amide bonds. The predicted octanol–water partition coefficient (Wildman–Crippen LogP) is 1.06. The highest BCUT2D eigenvalue weighted by molar-refractivity contribution is 5.85. The highest BCUT2D eigenvalue weighted by Gasteiger charge is 2.32. The Balaban J connectivity index is 1.90. The van der Waals surface area contributed by atoms with Crippen molar-refractivity contribution in [2.24, 2.45) is 4.99 Å². The van der Waals surface area contributed by atoms with Gasteiger partial charge in [0.25, 0.3) is 0 Å². The van der Waals surface area contributed by atoms with Crippen molar-refractivity contribution in [3.63, 3.8) is 0 Å². The van der Waals surface area contributed by atoms with Crippen LogP contribution in [0.1, 0.15) is 25.7 Å². The zero-order chi connectivity index (χ0) is 11.0. The van der Waals surface area contributed by atoms with Crippen LogP contribution in [0.15, 0.2) is 11.3 Å². The number of aliphatic imine (C=N–C) groups is 1. The maximum Gasteiger partial charge on any atom is 0.185 e. The van der Waals surface area contributed by atoms with Crippen molar-refractivity contribution in [2.45, 2.75) is 31.4 Å². The van der Waals surface area contributed by atoms with Gasteiger partial charge < -0.3 is 10.4 Å². The van der Waals surface area contributed by atoms with E-state index >= 15 is 0 Å². The van der Waals surface area contributed by atoms with Gasteiger partial charge in [-0.05, 0) is 25.7 Å². The minimum atomic E-state index is -0.847. The summed E-state index contributed by atoms with van der Waals surface area (Å²) >= 11 is 0. The topological polar surface area (TPSA) is 84.5 Å². The van der Waals surface area contributed by atoms with Gasteiger partial charge in [0.1, 0.15) is 18.4 Å². The molecule has 6 heteroatoms. The van der Waals surface area contributed by atoms with Crippen molar-refractivity contribution in [2.75, 3.05) is 5.32 Å². The number of aromatic nitrogens is 2. The van der Waals surface area contributed by atoms with Crippen LogP contribution in [0.3, 0.4) is 0 Å². The lowest BCUT2D eigenvalue weighted by Crippen LogP contribution is -2.34. The number of rotatable bonds is 2. The van der Waals surface area contributed by atoms with Crippen molar-refractivity contribution in [3.05, 3.63) is 6.33 Å². The average Bonchev–Trinajstić information content (AvgIpc) is 2.87. The number of nitrogens with zero attached hydrogens (tertiary/aromatic N) is 4. The van der Waals surface area contributed by atoms with E-state index in [0.29, 0.717) is 17.3 Å². The maximum absolute atomic E-state index is 10.2. The van der Waals surface area contributed by atoms with Gasteiger partial charge >= 0.3 is 0 Å². The molecule has 1 radical (unpaired) electrons. The molecule has 0 spiro atoms. The molecule has 0 aromatic carbocycles. The van der Waals surface area contributed by atoms with Gasteiger partial charge in [0.15, 0.2) is 17.3 Å². The first-order valence-corrected chi connectivity index (χ1v) is 5.36. The number of anilines is 1. The Bertz CT molecular complexity index is 439. The summed E-state index contributed by atoms with van der Waals surface area (Å²) in [6.45, 7) is 0. The highest BCUT2D eigenvalue weighted by atomic mass is 16.3. The summed E-state index contributed by atoms with van der Waals surface area (Å²) in [7, 11) is 0. The zero-order valence-electron chi connectivity index (χ0n) is 8.72. The summed E-state index contributed by atoms with van der Waals surface area (Å²) < 4.78 is 0. The van der Waals surface area contributed by atoms with Gasteiger partial charge in [-0.25, -0.2) is 20.3 Å². The van der Waals surface area contributed by atoms with Crippen LogP contribution in [-0.4, -0.2) is 27.1 Å². The molecule has 2 aliphatic rings. The molecule has 6 nitrogen and oxygen atoms in total. The minimum absolute atomic E-state index is 0.555. The van der Waals surface area contributed by atoms with Crippen LogP contribution >= 0.6 is 0 Å². The molecule has 16 heavy (non-hydrogen) atoms. The van der Waals surface area contributed by atoms with Crippen LogP contribution in [-0.2, 0) is 0 Å². The standard InChI is InChI=1S/C10H12N5O/c16-10(3-1-2-4-10)15-9-7-8(12-5-11-7)13-6-14-9/h5-6,16H,1-4H2,(H,13,14,15). The zero-order valence-corrected chi connectivity index (χ0v) is 8.72. The molecule has 1 aromatic heterocycles. The summed E-state index contributed by atoms with van der Waals surface area (Å²) in [4.78, 5) is 12.2. The van der Waals surface area contributed by atoms with E-state index in [4.69, 9.17) is 0 Å². The average molecular weight is 218 g/mol. The molecular formula is C10H12N5O. The quantitative estimate of drug-likeness (QED) is 0.727. The molecule has 0 atom stereocenters. The van der Waals surface area contributed by atoms with E-state index < -0.39 is 5.72 Å². The molecule has 2 heterocycles. The summed E-state index contributed by atoms with van der Waals surface area (Å²) in [5.41, 5.74) is -0.233. The van der Waals surface area contributed by atoms with Gasteiger partial charge in [-0.3, -0.25) is 0 Å². The second-order valence-corrected chi connectivity index (χ2v) is 4.13. The molecule has 2 N–H and O–H groups in total. The lowest BCUT2D eigenvalue weighted by molar-refractivity contribution is 0.0775. The van der Waals surface area contributed by atoms with Crippen LogP contribution in [0, 0.1) is 0 Å². The van der Waals surface area contributed by atoms with Crippen LogP contribution in [0.2, 0.25) is 0 Å². The number of hydrogen-bond donors (Lipinski definition) is 2. The summed E-state index contributed by atoms with van der Waals surface area (Å²) in [6.07, 6.45) is 6.43. The Morgan fingerprint density at radius 1 is 1.25 bits per heavy atom. The summed E-state index contributed by atoms with van der Waals surface area (Å²) in [5.74, 6) is 1.12. The fourth-order valence-corrected chi connectivity index (χ4v) is 2.12. The monoisotopic (exact) mass is 218 g/mol. The molecule has 1 aliphatic carbocycles. The normalized spacial score (nSPS) is 20.6. The molecule has 1 aliphatic heterocycles. The fraction of sp³-hybridized carbons (Fsp3) is 0.500. The summed E-state index contributed by atoms with van der Waals surface area (Å²) in [6, 6.07) is 0. The Labute approximate surface area is 92.8 Å². The van der Waals surface area contributed by atoms with Gasteiger partial charge in [0.2, 0.25) is 0 Å². The van der Waals surface area contributed by atoms with E-state index in [1.54, 1.807) is 0 Å². The predicted molar refractivity (Wildman–Crippen MR) is 59.0 cm³/mol. The van der Waals surface area contributed by atoms with E-state index in [2.05, 4.69) is 25.6 Å². The first-order chi connectivity index (χ1) is 7.77. The molecule has 0 unspecified atom stereocenters.